The summed E-state index contributed by atoms with van der Waals surface area (Å²) >= 11 is 3.04. The lowest BCUT2D eigenvalue weighted by Gasteiger charge is -2.30. The molecule has 0 unspecified atom stereocenters. The number of guanidine groups is 1. The lowest BCUT2D eigenvalue weighted by Crippen LogP contribution is -2.48. The lowest BCUT2D eigenvalue weighted by atomic mass is 10.1. The second-order valence-corrected chi connectivity index (χ2v) is 9.56. The van der Waals surface area contributed by atoms with E-state index in [2.05, 4.69) is 49.2 Å². The molecule has 6 rings (SSSR count). The third-order valence-electron chi connectivity index (χ3n) is 5.80. The molecule has 0 radical (unpaired) electrons. The number of amides is 2. The van der Waals surface area contributed by atoms with Gasteiger partial charge in [0.05, 0.1) is 18.6 Å². The molecule has 11 heteroatoms. The topological polar surface area (TPSA) is 95.7 Å². The molecule has 0 fully saturated rings. The first-order valence-corrected chi connectivity index (χ1v) is 12.4. The molecule has 4 aromatic rings. The molecule has 2 aliphatic heterocycles. The van der Waals surface area contributed by atoms with Crippen LogP contribution >= 0.6 is 22.7 Å². The van der Waals surface area contributed by atoms with Gasteiger partial charge in [0.2, 0.25) is 11.9 Å². The van der Waals surface area contributed by atoms with E-state index in [4.69, 9.17) is 0 Å². The van der Waals surface area contributed by atoms with Crippen molar-refractivity contribution in [1.82, 2.24) is 19.4 Å². The summed E-state index contributed by atoms with van der Waals surface area (Å²) in [5.41, 5.74) is 4.53. The first kappa shape index (κ1) is 20.8. The molecule has 0 bridgehead atoms. The average molecular weight is 490 g/mol. The molecule has 9 nitrogen and oxygen atoms in total. The number of fused-ring (bicyclic) bond motifs is 3. The summed E-state index contributed by atoms with van der Waals surface area (Å²) in [5, 5.41) is 9.44. The number of thiophene rings is 1. The van der Waals surface area contributed by atoms with E-state index < -0.39 is 0 Å². The maximum absolute atomic E-state index is 12.9. The van der Waals surface area contributed by atoms with E-state index in [0.29, 0.717) is 35.7 Å². The molecule has 5 heterocycles. The van der Waals surface area contributed by atoms with Gasteiger partial charge in [0, 0.05) is 24.5 Å². The predicted octanol–water partition coefficient (Wildman–Crippen LogP) is 3.64. The minimum Gasteiger partial charge on any atom is -0.315 e. The Morgan fingerprint density at radius 3 is 2.74 bits per heavy atom. The molecule has 0 aliphatic carbocycles. The Morgan fingerprint density at radius 2 is 1.94 bits per heavy atom. The Balaban J connectivity index is 1.16. The molecular formula is C23H19N7O2S2. The zero-order valence-electron chi connectivity index (χ0n) is 18.1. The fourth-order valence-electron chi connectivity index (χ4n) is 4.12. The van der Waals surface area contributed by atoms with Gasteiger partial charge < -0.3 is 9.88 Å². The number of hydrogen-bond acceptors (Lipinski definition) is 8. The highest BCUT2D eigenvalue weighted by Crippen LogP contribution is 2.30. The highest BCUT2D eigenvalue weighted by atomic mass is 32.1. The van der Waals surface area contributed by atoms with Gasteiger partial charge in [-0.1, -0.05) is 24.3 Å². The monoisotopic (exact) mass is 489 g/mol. The fraction of sp³-hybridized carbons (Fsp3) is 0.174. The summed E-state index contributed by atoms with van der Waals surface area (Å²) in [4.78, 5) is 42.3. The van der Waals surface area contributed by atoms with E-state index >= 15 is 0 Å². The predicted molar refractivity (Wildman–Crippen MR) is 133 cm³/mol. The van der Waals surface area contributed by atoms with Crippen molar-refractivity contribution in [2.45, 2.75) is 6.54 Å². The summed E-state index contributed by atoms with van der Waals surface area (Å²) in [6.45, 7) is 1.24. The van der Waals surface area contributed by atoms with Crippen LogP contribution in [0.25, 0.3) is 22.4 Å². The van der Waals surface area contributed by atoms with Gasteiger partial charge in [-0.15, -0.1) is 11.3 Å². The van der Waals surface area contributed by atoms with Crippen LogP contribution in [0.3, 0.4) is 0 Å². The maximum atomic E-state index is 12.9. The SMILES string of the molecule is CN1C(=O)c2c(ncn2CC(=O)Nc2nc(-c3ccc(-c4ccsc4)cc3)cs2)N2CCN=C12. The molecule has 2 amide bonds. The van der Waals surface area contributed by atoms with Gasteiger partial charge in [0.1, 0.15) is 6.54 Å². The molecule has 0 spiro atoms. The molecule has 0 atom stereocenters. The number of rotatable bonds is 5. The van der Waals surface area contributed by atoms with Crippen LogP contribution in [0.2, 0.25) is 0 Å². The largest absolute Gasteiger partial charge is 0.315 e. The molecule has 1 N–H and O–H groups in total. The van der Waals surface area contributed by atoms with Gasteiger partial charge in [-0.05, 0) is 28.0 Å². The van der Waals surface area contributed by atoms with Gasteiger partial charge in [-0.2, -0.15) is 11.3 Å². The normalized spacial score (nSPS) is 14.7. The van der Waals surface area contributed by atoms with Crippen molar-refractivity contribution in [2.75, 3.05) is 30.4 Å². The molecule has 2 aliphatic rings. The Hall–Kier alpha value is -3.83. The molecule has 0 saturated heterocycles. The number of imidazole rings is 1. The Morgan fingerprint density at radius 1 is 1.12 bits per heavy atom. The van der Waals surface area contributed by atoms with E-state index in [1.807, 2.05) is 22.4 Å². The smallest absolute Gasteiger partial charge is 0.280 e. The van der Waals surface area contributed by atoms with Crippen LogP contribution in [-0.4, -0.2) is 57.3 Å². The van der Waals surface area contributed by atoms with Crippen molar-refractivity contribution in [3.63, 3.8) is 0 Å². The number of thiazole rings is 1. The van der Waals surface area contributed by atoms with E-state index in [0.717, 1.165) is 16.8 Å². The van der Waals surface area contributed by atoms with Gasteiger partial charge in [0.25, 0.3) is 5.91 Å². The van der Waals surface area contributed by atoms with Crippen LogP contribution in [0.1, 0.15) is 10.5 Å². The van der Waals surface area contributed by atoms with Crippen LogP contribution in [0.15, 0.2) is 57.8 Å². The minimum atomic E-state index is -0.273. The van der Waals surface area contributed by atoms with Gasteiger partial charge in [0.15, 0.2) is 16.6 Å². The van der Waals surface area contributed by atoms with Crippen LogP contribution < -0.4 is 10.2 Å². The summed E-state index contributed by atoms with van der Waals surface area (Å²) in [6.07, 6.45) is 1.53. The standard InChI is InChI=1S/C23H19N7O2S2/c1-28-21(32)19-20(30-8-7-24-23(28)30)25-13-29(19)10-18(31)27-22-26-17(12-34-22)15-4-2-14(3-5-15)16-6-9-33-11-16/h2-6,9,11-13H,7-8,10H2,1H3,(H,26,27,31). The van der Waals surface area contributed by atoms with Gasteiger partial charge in [-0.3, -0.25) is 24.4 Å². The molecule has 170 valence electrons. The highest BCUT2D eigenvalue weighted by Gasteiger charge is 2.38. The highest BCUT2D eigenvalue weighted by molar-refractivity contribution is 7.14. The number of anilines is 2. The van der Waals surface area contributed by atoms with E-state index in [1.165, 1.54) is 28.1 Å². The second-order valence-electron chi connectivity index (χ2n) is 7.92. The number of nitrogens with zero attached hydrogens (tertiary/aromatic N) is 6. The maximum Gasteiger partial charge on any atom is 0.280 e. The second kappa shape index (κ2) is 8.19. The number of carbonyl (C=O) groups excluding carboxylic acids is 2. The average Bonchev–Trinajstić information content (AvgIpc) is 3.64. The fourth-order valence-corrected chi connectivity index (χ4v) is 5.52. The van der Waals surface area contributed by atoms with Crippen LogP contribution in [-0.2, 0) is 11.3 Å². The van der Waals surface area contributed by atoms with E-state index in [1.54, 1.807) is 23.0 Å². The Bertz CT molecular complexity index is 1420. The van der Waals surface area contributed by atoms with Gasteiger partial charge >= 0.3 is 0 Å². The van der Waals surface area contributed by atoms with Crippen molar-refractivity contribution in [1.29, 1.82) is 0 Å². The minimum absolute atomic E-state index is 0.0352. The lowest BCUT2D eigenvalue weighted by molar-refractivity contribution is -0.116. The number of benzene rings is 1. The third kappa shape index (κ3) is 3.49. The molecular weight excluding hydrogens is 470 g/mol. The summed E-state index contributed by atoms with van der Waals surface area (Å²) < 4.78 is 1.58. The number of hydrogen-bond donors (Lipinski definition) is 1. The van der Waals surface area contributed by atoms with Crippen molar-refractivity contribution in [2.24, 2.45) is 4.99 Å². The molecule has 1 aromatic carbocycles. The van der Waals surface area contributed by atoms with Crippen molar-refractivity contribution < 1.29 is 9.59 Å². The zero-order valence-corrected chi connectivity index (χ0v) is 19.8. The number of carbonyl (C=O) groups is 2. The summed E-state index contributed by atoms with van der Waals surface area (Å²) in [7, 11) is 1.68. The van der Waals surface area contributed by atoms with Crippen LogP contribution in [0, 0.1) is 0 Å². The Kier molecular flexibility index (Phi) is 5.00. The molecule has 34 heavy (non-hydrogen) atoms. The third-order valence-corrected chi connectivity index (χ3v) is 7.24. The quantitative estimate of drug-likeness (QED) is 0.462. The molecule has 0 saturated carbocycles. The zero-order chi connectivity index (χ0) is 23.2. The van der Waals surface area contributed by atoms with Crippen molar-refractivity contribution in [3.8, 4) is 22.4 Å². The number of aromatic nitrogens is 3. The van der Waals surface area contributed by atoms with E-state index in [9.17, 15) is 9.59 Å². The first-order chi connectivity index (χ1) is 16.6. The van der Waals surface area contributed by atoms with E-state index in [-0.39, 0.29) is 18.4 Å². The summed E-state index contributed by atoms with van der Waals surface area (Å²) in [5.74, 6) is 0.658. The Labute approximate surface area is 203 Å². The number of nitrogens with one attached hydrogen (secondary N) is 1. The number of aliphatic imine (C=N–C) groups is 1. The van der Waals surface area contributed by atoms with Crippen LogP contribution in [0.4, 0.5) is 10.9 Å². The van der Waals surface area contributed by atoms with Crippen molar-refractivity contribution in [3.05, 3.63) is 58.5 Å². The first-order valence-electron chi connectivity index (χ1n) is 10.6. The molecule has 3 aromatic heterocycles. The van der Waals surface area contributed by atoms with Gasteiger partial charge in [-0.25, -0.2) is 9.97 Å². The van der Waals surface area contributed by atoms with Crippen LogP contribution in [0.5, 0.6) is 0 Å². The summed E-state index contributed by atoms with van der Waals surface area (Å²) in [6, 6.07) is 10.3. The van der Waals surface area contributed by atoms with Crippen molar-refractivity contribution >= 4 is 51.4 Å².